The molecule has 3 aromatic rings. The Bertz CT molecular complexity index is 965. The van der Waals surface area contributed by atoms with Gasteiger partial charge in [-0.25, -0.2) is 0 Å². The van der Waals surface area contributed by atoms with E-state index in [4.69, 9.17) is 9.26 Å². The first-order chi connectivity index (χ1) is 12.1. The lowest BCUT2D eigenvalue weighted by Gasteiger charge is -2.31. The van der Waals surface area contributed by atoms with E-state index in [1.165, 1.54) is 0 Å². The summed E-state index contributed by atoms with van der Waals surface area (Å²) in [5.74, 6) is -0.0606. The SMILES string of the molecule is COc1ccc(C(O)P2(=O)Oc3ccccc3-c3ccccc32)cc1. The van der Waals surface area contributed by atoms with E-state index in [0.29, 0.717) is 22.4 Å². The first-order valence-electron chi connectivity index (χ1n) is 7.94. The molecule has 2 atom stereocenters. The second-order valence-electron chi connectivity index (χ2n) is 5.85. The second-order valence-corrected chi connectivity index (χ2v) is 8.20. The van der Waals surface area contributed by atoms with Crippen molar-refractivity contribution in [3.8, 4) is 22.6 Å². The molecule has 1 heterocycles. The summed E-state index contributed by atoms with van der Waals surface area (Å²) in [5.41, 5.74) is 2.24. The van der Waals surface area contributed by atoms with Crippen molar-refractivity contribution in [2.45, 2.75) is 5.85 Å². The standard InChI is InChI=1S/C20H17O4P/c1-23-15-12-10-14(11-13-15)20(21)25(22)19-9-5-3-7-17(19)16-6-2-4-8-18(16)24-25/h2-13,20-21H,1H3. The van der Waals surface area contributed by atoms with Crippen LogP contribution in [0.4, 0.5) is 0 Å². The Morgan fingerprint density at radius 2 is 1.56 bits per heavy atom. The van der Waals surface area contributed by atoms with Crippen molar-refractivity contribution in [1.82, 2.24) is 0 Å². The largest absolute Gasteiger partial charge is 0.497 e. The molecule has 1 N–H and O–H groups in total. The first kappa shape index (κ1) is 15.9. The van der Waals surface area contributed by atoms with Crippen LogP contribution in [0, 0.1) is 0 Å². The first-order valence-corrected chi connectivity index (χ1v) is 9.63. The fourth-order valence-electron chi connectivity index (χ4n) is 3.09. The Labute approximate surface area is 146 Å². The van der Waals surface area contributed by atoms with Gasteiger partial charge >= 0.3 is 7.37 Å². The summed E-state index contributed by atoms with van der Waals surface area (Å²) in [5, 5.41) is 11.5. The summed E-state index contributed by atoms with van der Waals surface area (Å²) in [6.07, 6.45) is 0. The highest BCUT2D eigenvalue weighted by molar-refractivity contribution is 7.68. The van der Waals surface area contributed by atoms with Gasteiger partial charge in [-0.05, 0) is 35.4 Å². The highest BCUT2D eigenvalue weighted by atomic mass is 31.2. The summed E-state index contributed by atoms with van der Waals surface area (Å²) < 4.78 is 24.8. The highest BCUT2D eigenvalue weighted by Gasteiger charge is 2.42. The summed E-state index contributed by atoms with van der Waals surface area (Å²) >= 11 is 0. The monoisotopic (exact) mass is 352 g/mol. The lowest BCUT2D eigenvalue weighted by Crippen LogP contribution is -2.22. The molecular weight excluding hydrogens is 335 g/mol. The number of aliphatic hydroxyl groups excluding tert-OH is 1. The molecule has 2 unspecified atom stereocenters. The number of hydrogen-bond donors (Lipinski definition) is 1. The molecule has 1 aliphatic rings. The molecule has 4 rings (SSSR count). The molecule has 0 aliphatic carbocycles. The molecule has 0 bridgehead atoms. The summed E-state index contributed by atoms with van der Waals surface area (Å²) in [6, 6.07) is 21.7. The van der Waals surface area contributed by atoms with Crippen molar-refractivity contribution in [3.63, 3.8) is 0 Å². The Morgan fingerprint density at radius 1 is 0.920 bits per heavy atom. The number of benzene rings is 3. The van der Waals surface area contributed by atoms with Crippen LogP contribution in [-0.2, 0) is 4.57 Å². The Morgan fingerprint density at radius 3 is 2.28 bits per heavy atom. The number of hydrogen-bond acceptors (Lipinski definition) is 4. The van der Waals surface area contributed by atoms with Gasteiger partial charge in [-0.1, -0.05) is 48.5 Å². The van der Waals surface area contributed by atoms with E-state index in [-0.39, 0.29) is 0 Å². The number of para-hydroxylation sites is 1. The van der Waals surface area contributed by atoms with Crippen LogP contribution in [0.1, 0.15) is 11.4 Å². The molecule has 126 valence electrons. The number of ether oxygens (including phenoxy) is 1. The quantitative estimate of drug-likeness (QED) is 0.712. The maximum absolute atomic E-state index is 13.8. The van der Waals surface area contributed by atoms with E-state index >= 15 is 0 Å². The zero-order valence-electron chi connectivity index (χ0n) is 13.6. The minimum absolute atomic E-state index is 0.525. The van der Waals surface area contributed by atoms with Gasteiger partial charge in [-0.15, -0.1) is 0 Å². The molecule has 0 radical (unpaired) electrons. The zero-order chi connectivity index (χ0) is 17.4. The zero-order valence-corrected chi connectivity index (χ0v) is 14.5. The third kappa shape index (κ3) is 2.55. The average molecular weight is 352 g/mol. The lowest BCUT2D eigenvalue weighted by molar-refractivity contribution is 0.240. The van der Waals surface area contributed by atoms with Gasteiger partial charge in [0.05, 0.1) is 12.4 Å². The van der Waals surface area contributed by atoms with Crippen LogP contribution >= 0.6 is 7.37 Å². The molecule has 0 aromatic heterocycles. The van der Waals surface area contributed by atoms with Gasteiger partial charge in [0, 0.05) is 5.56 Å². The number of rotatable bonds is 3. The second kappa shape index (κ2) is 6.07. The highest BCUT2D eigenvalue weighted by Crippen LogP contribution is 2.62. The molecule has 0 saturated heterocycles. The molecule has 5 heteroatoms. The number of fused-ring (bicyclic) bond motifs is 3. The van der Waals surface area contributed by atoms with Crippen molar-refractivity contribution in [1.29, 1.82) is 0 Å². The van der Waals surface area contributed by atoms with Crippen molar-refractivity contribution >= 4 is 12.7 Å². The van der Waals surface area contributed by atoms with Gasteiger partial charge in [0.2, 0.25) is 0 Å². The van der Waals surface area contributed by atoms with Gasteiger partial charge in [0.25, 0.3) is 0 Å². The molecule has 0 amide bonds. The maximum atomic E-state index is 13.8. The van der Waals surface area contributed by atoms with Crippen LogP contribution < -0.4 is 14.6 Å². The summed E-state index contributed by atoms with van der Waals surface area (Å²) in [7, 11) is -1.98. The topological polar surface area (TPSA) is 55.8 Å². The van der Waals surface area contributed by atoms with Crippen molar-refractivity contribution in [2.75, 3.05) is 7.11 Å². The predicted molar refractivity (Wildman–Crippen MR) is 97.7 cm³/mol. The molecule has 3 aromatic carbocycles. The molecule has 0 fully saturated rings. The van der Waals surface area contributed by atoms with Crippen LogP contribution in [0.3, 0.4) is 0 Å². The van der Waals surface area contributed by atoms with Crippen LogP contribution in [0.5, 0.6) is 11.5 Å². The third-order valence-electron chi connectivity index (χ3n) is 4.39. The van der Waals surface area contributed by atoms with E-state index in [1.807, 2.05) is 36.4 Å². The number of methoxy groups -OCH3 is 1. The van der Waals surface area contributed by atoms with Crippen molar-refractivity contribution < 1.29 is 18.9 Å². The van der Waals surface area contributed by atoms with Crippen LogP contribution in [0.15, 0.2) is 72.8 Å². The maximum Gasteiger partial charge on any atom is 0.310 e. The van der Waals surface area contributed by atoms with E-state index in [2.05, 4.69) is 0 Å². The fraction of sp³-hybridized carbons (Fsp3) is 0.100. The third-order valence-corrected chi connectivity index (χ3v) is 6.86. The molecule has 25 heavy (non-hydrogen) atoms. The predicted octanol–water partition coefficient (Wildman–Crippen LogP) is 4.35. The van der Waals surface area contributed by atoms with Gasteiger partial charge in [0.15, 0.2) is 5.85 Å². The summed E-state index contributed by atoms with van der Waals surface area (Å²) in [6.45, 7) is 0. The van der Waals surface area contributed by atoms with Crippen molar-refractivity contribution in [3.05, 3.63) is 78.4 Å². The Balaban J connectivity index is 1.85. The van der Waals surface area contributed by atoms with E-state index in [1.54, 1.807) is 43.5 Å². The minimum atomic E-state index is -3.56. The molecule has 4 nitrogen and oxygen atoms in total. The van der Waals surface area contributed by atoms with Crippen LogP contribution in [0.25, 0.3) is 11.1 Å². The minimum Gasteiger partial charge on any atom is -0.497 e. The molecule has 1 aliphatic heterocycles. The molecule has 0 saturated carbocycles. The normalized spacial score (nSPS) is 19.3. The molecular formula is C20H17O4P. The average Bonchev–Trinajstić information content (AvgIpc) is 2.68. The van der Waals surface area contributed by atoms with Crippen LogP contribution in [-0.4, -0.2) is 12.2 Å². The number of aliphatic hydroxyl groups is 1. The van der Waals surface area contributed by atoms with Crippen LogP contribution in [0.2, 0.25) is 0 Å². The van der Waals surface area contributed by atoms with E-state index < -0.39 is 13.2 Å². The van der Waals surface area contributed by atoms with Gasteiger partial charge in [-0.2, -0.15) is 0 Å². The lowest BCUT2D eigenvalue weighted by atomic mass is 10.0. The Kier molecular flexibility index (Phi) is 3.87. The van der Waals surface area contributed by atoms with Gasteiger partial charge in [0.1, 0.15) is 11.5 Å². The fourth-order valence-corrected chi connectivity index (χ4v) is 5.39. The smallest absolute Gasteiger partial charge is 0.310 e. The van der Waals surface area contributed by atoms with E-state index in [9.17, 15) is 9.67 Å². The summed E-state index contributed by atoms with van der Waals surface area (Å²) in [4.78, 5) is 0. The molecule has 0 spiro atoms. The van der Waals surface area contributed by atoms with Gasteiger partial charge < -0.3 is 14.4 Å². The van der Waals surface area contributed by atoms with Crippen molar-refractivity contribution in [2.24, 2.45) is 0 Å². The van der Waals surface area contributed by atoms with E-state index in [0.717, 1.165) is 11.1 Å². The van der Waals surface area contributed by atoms with Gasteiger partial charge in [-0.3, -0.25) is 4.57 Å². The Hall–Kier alpha value is -2.55.